The third-order valence-electron chi connectivity index (χ3n) is 3.35. The molecule has 0 aliphatic carbocycles. The van der Waals surface area contributed by atoms with Gasteiger partial charge in [-0.25, -0.2) is 0 Å². The number of nitrogens with one attached hydrogen (secondary N) is 1. The molecule has 6 nitrogen and oxygen atoms in total. The molecule has 0 spiro atoms. The lowest BCUT2D eigenvalue weighted by atomic mass is 10.2. The highest BCUT2D eigenvalue weighted by molar-refractivity contribution is 5.94. The number of benzene rings is 2. The van der Waals surface area contributed by atoms with Crippen molar-refractivity contribution in [3.8, 4) is 17.2 Å². The molecule has 0 atom stereocenters. The molecule has 2 rings (SSSR count). The van der Waals surface area contributed by atoms with E-state index >= 15 is 0 Å². The zero-order valence-electron chi connectivity index (χ0n) is 13.9. The molecule has 0 radical (unpaired) electrons. The van der Waals surface area contributed by atoms with E-state index in [2.05, 4.69) is 5.32 Å². The Hall–Kier alpha value is -2.89. The van der Waals surface area contributed by atoms with Crippen molar-refractivity contribution in [2.75, 3.05) is 33.1 Å². The highest BCUT2D eigenvalue weighted by atomic mass is 16.5. The molecule has 0 fully saturated rings. The van der Waals surface area contributed by atoms with Crippen LogP contribution in [-0.4, -0.2) is 33.3 Å². The van der Waals surface area contributed by atoms with Gasteiger partial charge >= 0.3 is 0 Å². The fourth-order valence-corrected chi connectivity index (χ4v) is 2.11. The fourth-order valence-electron chi connectivity index (χ4n) is 2.11. The van der Waals surface area contributed by atoms with E-state index in [0.717, 1.165) is 0 Å². The molecule has 0 aliphatic heterocycles. The number of amides is 1. The molecule has 2 aromatic rings. The summed E-state index contributed by atoms with van der Waals surface area (Å²) in [5.41, 5.74) is 6.78. The van der Waals surface area contributed by atoms with Crippen molar-refractivity contribution in [2.24, 2.45) is 0 Å². The maximum atomic E-state index is 12.0. The molecular formula is C18H22N2O4. The van der Waals surface area contributed by atoms with Crippen molar-refractivity contribution in [1.82, 2.24) is 5.32 Å². The van der Waals surface area contributed by atoms with E-state index in [1.807, 2.05) is 0 Å². The summed E-state index contributed by atoms with van der Waals surface area (Å²) in [6.07, 6.45) is 0.674. The molecule has 0 heterocycles. The lowest BCUT2D eigenvalue weighted by molar-refractivity contribution is 0.0951. The molecule has 2 aromatic carbocycles. The van der Waals surface area contributed by atoms with Gasteiger partial charge in [-0.15, -0.1) is 0 Å². The summed E-state index contributed by atoms with van der Waals surface area (Å²) in [4.78, 5) is 12.0. The number of hydrogen-bond acceptors (Lipinski definition) is 5. The summed E-state index contributed by atoms with van der Waals surface area (Å²) in [6, 6.07) is 12.2. The van der Waals surface area contributed by atoms with Crippen LogP contribution in [0.4, 0.5) is 5.69 Å². The quantitative estimate of drug-likeness (QED) is 0.574. The molecule has 24 heavy (non-hydrogen) atoms. The van der Waals surface area contributed by atoms with Crippen LogP contribution in [0.1, 0.15) is 16.8 Å². The largest absolute Gasteiger partial charge is 0.496 e. The first-order chi connectivity index (χ1) is 11.6. The van der Waals surface area contributed by atoms with Gasteiger partial charge in [0, 0.05) is 36.0 Å². The van der Waals surface area contributed by atoms with Crippen LogP contribution in [-0.2, 0) is 0 Å². The fraction of sp³-hybridized carbons (Fsp3) is 0.278. The Labute approximate surface area is 141 Å². The SMILES string of the molecule is COc1cc(OC)cc(OCCCNC(=O)c2cccc(N)c2)c1. The normalized spacial score (nSPS) is 10.1. The van der Waals surface area contributed by atoms with Crippen molar-refractivity contribution in [2.45, 2.75) is 6.42 Å². The highest BCUT2D eigenvalue weighted by Crippen LogP contribution is 2.27. The summed E-state index contributed by atoms with van der Waals surface area (Å²) < 4.78 is 16.0. The maximum absolute atomic E-state index is 12.0. The second-order valence-corrected chi connectivity index (χ2v) is 5.13. The first-order valence-electron chi connectivity index (χ1n) is 7.62. The molecule has 0 saturated carbocycles. The number of methoxy groups -OCH3 is 2. The van der Waals surface area contributed by atoms with E-state index in [9.17, 15) is 4.79 Å². The predicted octanol–water partition coefficient (Wildman–Crippen LogP) is 2.48. The van der Waals surface area contributed by atoms with Crippen molar-refractivity contribution in [3.63, 3.8) is 0 Å². The summed E-state index contributed by atoms with van der Waals surface area (Å²) in [5.74, 6) is 1.84. The van der Waals surface area contributed by atoms with Crippen molar-refractivity contribution in [3.05, 3.63) is 48.0 Å². The average molecular weight is 330 g/mol. The Kier molecular flexibility index (Phi) is 6.31. The monoisotopic (exact) mass is 330 g/mol. The minimum atomic E-state index is -0.148. The molecule has 0 aromatic heterocycles. The molecule has 128 valence electrons. The van der Waals surface area contributed by atoms with Crippen molar-refractivity contribution >= 4 is 11.6 Å². The van der Waals surface area contributed by atoms with E-state index in [-0.39, 0.29) is 5.91 Å². The summed E-state index contributed by atoms with van der Waals surface area (Å²) in [6.45, 7) is 0.974. The first kappa shape index (κ1) is 17.5. The van der Waals surface area contributed by atoms with Crippen molar-refractivity contribution in [1.29, 1.82) is 0 Å². The van der Waals surface area contributed by atoms with Crippen LogP contribution >= 0.6 is 0 Å². The topological polar surface area (TPSA) is 82.8 Å². The second kappa shape index (κ2) is 8.67. The molecule has 0 saturated heterocycles. The average Bonchev–Trinajstić information content (AvgIpc) is 2.60. The van der Waals surface area contributed by atoms with Crippen LogP contribution in [0.5, 0.6) is 17.2 Å². The molecule has 1 amide bonds. The lowest BCUT2D eigenvalue weighted by Crippen LogP contribution is -2.25. The standard InChI is InChI=1S/C18H22N2O4/c1-22-15-10-16(23-2)12-17(11-15)24-8-4-7-20-18(21)13-5-3-6-14(19)9-13/h3,5-6,9-12H,4,7-8,19H2,1-2H3,(H,20,21). The zero-order chi connectivity index (χ0) is 17.4. The number of ether oxygens (including phenoxy) is 3. The van der Waals surface area contributed by atoms with Crippen LogP contribution in [0, 0.1) is 0 Å². The smallest absolute Gasteiger partial charge is 0.251 e. The minimum Gasteiger partial charge on any atom is -0.496 e. The van der Waals surface area contributed by atoms with Gasteiger partial charge in [0.2, 0.25) is 0 Å². The molecule has 3 N–H and O–H groups in total. The number of nitrogen functional groups attached to an aromatic ring is 1. The summed E-state index contributed by atoms with van der Waals surface area (Å²) in [5, 5.41) is 2.83. The Balaban J connectivity index is 1.76. The Morgan fingerprint density at radius 2 is 1.71 bits per heavy atom. The van der Waals surface area contributed by atoms with Gasteiger partial charge in [-0.1, -0.05) is 6.07 Å². The van der Waals surface area contributed by atoms with Crippen LogP contribution < -0.4 is 25.3 Å². The zero-order valence-corrected chi connectivity index (χ0v) is 13.9. The second-order valence-electron chi connectivity index (χ2n) is 5.13. The minimum absolute atomic E-state index is 0.148. The van der Waals surface area contributed by atoms with E-state index in [4.69, 9.17) is 19.9 Å². The van der Waals surface area contributed by atoms with Gasteiger partial charge in [0.25, 0.3) is 5.91 Å². The predicted molar refractivity (Wildman–Crippen MR) is 92.8 cm³/mol. The third-order valence-corrected chi connectivity index (χ3v) is 3.35. The number of rotatable bonds is 8. The van der Waals surface area contributed by atoms with E-state index in [1.165, 1.54) is 0 Å². The number of carbonyl (C=O) groups is 1. The van der Waals surface area contributed by atoms with Gasteiger partial charge in [-0.3, -0.25) is 4.79 Å². The van der Waals surface area contributed by atoms with Gasteiger partial charge < -0.3 is 25.3 Å². The molecule has 0 unspecified atom stereocenters. The van der Waals surface area contributed by atoms with Gasteiger partial charge in [-0.05, 0) is 24.6 Å². The Morgan fingerprint density at radius 3 is 2.33 bits per heavy atom. The van der Waals surface area contributed by atoms with Gasteiger partial charge in [0.1, 0.15) is 17.2 Å². The van der Waals surface area contributed by atoms with Crippen LogP contribution in [0.25, 0.3) is 0 Å². The molecule has 6 heteroatoms. The molecule has 0 bridgehead atoms. The van der Waals surface area contributed by atoms with Gasteiger partial charge in [0.15, 0.2) is 0 Å². The number of carbonyl (C=O) groups excluding carboxylic acids is 1. The van der Waals surface area contributed by atoms with Crippen molar-refractivity contribution < 1.29 is 19.0 Å². The Morgan fingerprint density at radius 1 is 1.04 bits per heavy atom. The first-order valence-corrected chi connectivity index (χ1v) is 7.62. The lowest BCUT2D eigenvalue weighted by Gasteiger charge is -2.10. The van der Waals surface area contributed by atoms with Crippen LogP contribution in [0.15, 0.2) is 42.5 Å². The number of anilines is 1. The summed E-state index contributed by atoms with van der Waals surface area (Å²) >= 11 is 0. The highest BCUT2D eigenvalue weighted by Gasteiger charge is 2.05. The maximum Gasteiger partial charge on any atom is 0.251 e. The van der Waals surface area contributed by atoms with Crippen LogP contribution in [0.2, 0.25) is 0 Å². The van der Waals surface area contributed by atoms with E-state index < -0.39 is 0 Å². The van der Waals surface area contributed by atoms with E-state index in [0.29, 0.717) is 48.1 Å². The van der Waals surface area contributed by atoms with Gasteiger partial charge in [-0.2, -0.15) is 0 Å². The number of nitrogens with two attached hydrogens (primary N) is 1. The molecular weight excluding hydrogens is 308 g/mol. The number of hydrogen-bond donors (Lipinski definition) is 2. The third kappa shape index (κ3) is 5.08. The Bertz CT molecular complexity index is 666. The van der Waals surface area contributed by atoms with Gasteiger partial charge in [0.05, 0.1) is 20.8 Å². The van der Waals surface area contributed by atoms with E-state index in [1.54, 1.807) is 56.7 Å². The summed E-state index contributed by atoms with van der Waals surface area (Å²) in [7, 11) is 3.18. The van der Waals surface area contributed by atoms with Crippen LogP contribution in [0.3, 0.4) is 0 Å². The molecule has 0 aliphatic rings.